The van der Waals surface area contributed by atoms with Gasteiger partial charge in [0.15, 0.2) is 0 Å². The Morgan fingerprint density at radius 1 is 1.38 bits per heavy atom. The maximum atomic E-state index is 12.2. The van der Waals surface area contributed by atoms with Crippen LogP contribution in [-0.2, 0) is 16.6 Å². The van der Waals surface area contributed by atoms with Crippen molar-refractivity contribution in [3.05, 3.63) is 16.1 Å². The minimum atomic E-state index is 0.0631. The summed E-state index contributed by atoms with van der Waals surface area (Å²) >= 11 is 1.65. The summed E-state index contributed by atoms with van der Waals surface area (Å²) < 4.78 is 0. The number of rotatable bonds is 3. The molecule has 2 aliphatic heterocycles. The first kappa shape index (κ1) is 15.0. The summed E-state index contributed by atoms with van der Waals surface area (Å²) in [6.07, 6.45) is 5.08. The molecule has 0 aliphatic carbocycles. The maximum absolute atomic E-state index is 12.2. The Labute approximate surface area is 130 Å². The Balaban J connectivity index is 1.53. The average molecular weight is 307 g/mol. The van der Waals surface area contributed by atoms with Crippen LogP contribution in [0.25, 0.3) is 0 Å². The van der Waals surface area contributed by atoms with Crippen molar-refractivity contribution in [1.29, 1.82) is 0 Å². The molecule has 21 heavy (non-hydrogen) atoms. The summed E-state index contributed by atoms with van der Waals surface area (Å²) in [5, 5.41) is 9.93. The number of aromatic nitrogens is 1. The molecule has 2 fully saturated rings. The van der Waals surface area contributed by atoms with Crippen LogP contribution < -0.4 is 10.6 Å². The summed E-state index contributed by atoms with van der Waals surface area (Å²) in [4.78, 5) is 16.8. The second-order valence-electron chi connectivity index (χ2n) is 7.44. The van der Waals surface area contributed by atoms with E-state index in [1.54, 1.807) is 11.3 Å². The highest BCUT2D eigenvalue weighted by molar-refractivity contribution is 7.09. The molecular formula is C16H25N3OS. The molecule has 2 unspecified atom stereocenters. The van der Waals surface area contributed by atoms with Crippen LogP contribution in [0, 0.1) is 0 Å². The zero-order valence-electron chi connectivity index (χ0n) is 13.1. The van der Waals surface area contributed by atoms with Crippen molar-refractivity contribution < 1.29 is 4.79 Å². The fourth-order valence-corrected chi connectivity index (χ4v) is 4.26. The summed E-state index contributed by atoms with van der Waals surface area (Å²) in [6.45, 7) is 6.46. The molecule has 2 aliphatic rings. The molecule has 116 valence electrons. The SMILES string of the molecule is CC(C)(C)c1nc(CC(=O)NC2CC3CCC(C2)N3)cs1. The summed E-state index contributed by atoms with van der Waals surface area (Å²) in [5.74, 6) is 0.118. The first-order valence-corrected chi connectivity index (χ1v) is 8.78. The van der Waals surface area contributed by atoms with Gasteiger partial charge >= 0.3 is 0 Å². The van der Waals surface area contributed by atoms with Gasteiger partial charge in [0.2, 0.25) is 5.91 Å². The van der Waals surface area contributed by atoms with Crippen molar-refractivity contribution in [2.45, 2.75) is 76.4 Å². The molecule has 0 aromatic carbocycles. The molecular weight excluding hydrogens is 282 g/mol. The quantitative estimate of drug-likeness (QED) is 0.901. The molecule has 2 N–H and O–H groups in total. The Morgan fingerprint density at radius 2 is 2.05 bits per heavy atom. The van der Waals surface area contributed by atoms with E-state index in [2.05, 4.69) is 36.4 Å². The van der Waals surface area contributed by atoms with E-state index < -0.39 is 0 Å². The second kappa shape index (κ2) is 5.69. The van der Waals surface area contributed by atoms with Gasteiger partial charge < -0.3 is 10.6 Å². The molecule has 5 heteroatoms. The van der Waals surface area contributed by atoms with Gasteiger partial charge in [0.25, 0.3) is 0 Å². The summed E-state index contributed by atoms with van der Waals surface area (Å²) in [6, 6.07) is 1.57. The molecule has 2 saturated heterocycles. The highest BCUT2D eigenvalue weighted by atomic mass is 32.1. The van der Waals surface area contributed by atoms with Crippen molar-refractivity contribution >= 4 is 17.2 Å². The smallest absolute Gasteiger partial charge is 0.226 e. The molecule has 3 rings (SSSR count). The predicted octanol–water partition coefficient (Wildman–Crippen LogP) is 2.38. The number of nitrogens with zero attached hydrogens (tertiary/aromatic N) is 1. The number of nitrogens with one attached hydrogen (secondary N) is 2. The van der Waals surface area contributed by atoms with Gasteiger partial charge in [-0.3, -0.25) is 4.79 Å². The van der Waals surface area contributed by atoms with E-state index in [0.717, 1.165) is 23.5 Å². The zero-order chi connectivity index (χ0) is 15.0. The van der Waals surface area contributed by atoms with Gasteiger partial charge in [-0.25, -0.2) is 4.98 Å². The van der Waals surface area contributed by atoms with E-state index in [1.165, 1.54) is 12.8 Å². The molecule has 1 aromatic rings. The van der Waals surface area contributed by atoms with E-state index >= 15 is 0 Å². The van der Waals surface area contributed by atoms with Crippen molar-refractivity contribution in [1.82, 2.24) is 15.6 Å². The largest absolute Gasteiger partial charge is 0.353 e. The number of thiazole rings is 1. The van der Waals surface area contributed by atoms with Gasteiger partial charge in [0, 0.05) is 28.9 Å². The maximum Gasteiger partial charge on any atom is 0.226 e. The number of carbonyl (C=O) groups excluding carboxylic acids is 1. The number of amides is 1. The number of carbonyl (C=O) groups is 1. The molecule has 3 heterocycles. The molecule has 0 radical (unpaired) electrons. The van der Waals surface area contributed by atoms with Crippen LogP contribution in [-0.4, -0.2) is 29.0 Å². The molecule has 1 amide bonds. The Hall–Kier alpha value is -0.940. The first-order valence-electron chi connectivity index (χ1n) is 7.90. The predicted molar refractivity (Wildman–Crippen MR) is 85.6 cm³/mol. The van der Waals surface area contributed by atoms with Crippen LogP contribution in [0.3, 0.4) is 0 Å². The lowest BCUT2D eigenvalue weighted by Crippen LogP contribution is -2.48. The van der Waals surface area contributed by atoms with Gasteiger partial charge in [-0.05, 0) is 25.7 Å². The third-order valence-corrected chi connectivity index (χ3v) is 5.69. The highest BCUT2D eigenvalue weighted by Crippen LogP contribution is 2.27. The van der Waals surface area contributed by atoms with Gasteiger partial charge in [-0.15, -0.1) is 11.3 Å². The van der Waals surface area contributed by atoms with Crippen LogP contribution in [0.4, 0.5) is 0 Å². The normalized spacial score (nSPS) is 28.6. The van der Waals surface area contributed by atoms with Gasteiger partial charge in [0.1, 0.15) is 0 Å². The van der Waals surface area contributed by atoms with E-state index in [-0.39, 0.29) is 11.3 Å². The Kier molecular flexibility index (Phi) is 4.06. The van der Waals surface area contributed by atoms with E-state index in [0.29, 0.717) is 24.5 Å². The van der Waals surface area contributed by atoms with E-state index in [1.807, 2.05) is 5.38 Å². The molecule has 1 aromatic heterocycles. The van der Waals surface area contributed by atoms with Crippen molar-refractivity contribution in [2.24, 2.45) is 0 Å². The fourth-order valence-electron chi connectivity index (χ4n) is 3.35. The molecule has 0 spiro atoms. The lowest BCUT2D eigenvalue weighted by molar-refractivity contribution is -0.121. The fraction of sp³-hybridized carbons (Fsp3) is 0.750. The lowest BCUT2D eigenvalue weighted by Gasteiger charge is -2.29. The van der Waals surface area contributed by atoms with E-state index in [9.17, 15) is 4.79 Å². The van der Waals surface area contributed by atoms with E-state index in [4.69, 9.17) is 0 Å². The Bertz CT molecular complexity index is 508. The monoisotopic (exact) mass is 307 g/mol. The third kappa shape index (κ3) is 3.64. The number of piperidine rings is 1. The lowest BCUT2D eigenvalue weighted by atomic mass is 9.98. The number of hydrogen-bond acceptors (Lipinski definition) is 4. The highest BCUT2D eigenvalue weighted by Gasteiger charge is 2.34. The minimum Gasteiger partial charge on any atom is -0.353 e. The Morgan fingerprint density at radius 3 is 2.62 bits per heavy atom. The zero-order valence-corrected chi connectivity index (χ0v) is 13.9. The molecule has 2 atom stereocenters. The van der Waals surface area contributed by atoms with Crippen LogP contribution >= 0.6 is 11.3 Å². The van der Waals surface area contributed by atoms with Gasteiger partial charge in [-0.2, -0.15) is 0 Å². The van der Waals surface area contributed by atoms with Gasteiger partial charge in [-0.1, -0.05) is 20.8 Å². The van der Waals surface area contributed by atoms with Crippen molar-refractivity contribution in [3.63, 3.8) is 0 Å². The minimum absolute atomic E-state index is 0.0631. The van der Waals surface area contributed by atoms with Crippen molar-refractivity contribution in [2.75, 3.05) is 0 Å². The topological polar surface area (TPSA) is 54.0 Å². The van der Waals surface area contributed by atoms with Crippen LogP contribution in [0.2, 0.25) is 0 Å². The number of hydrogen-bond donors (Lipinski definition) is 2. The average Bonchev–Trinajstić information content (AvgIpc) is 2.96. The van der Waals surface area contributed by atoms with Crippen molar-refractivity contribution in [3.8, 4) is 0 Å². The number of fused-ring (bicyclic) bond motifs is 2. The van der Waals surface area contributed by atoms with Crippen LogP contribution in [0.15, 0.2) is 5.38 Å². The molecule has 2 bridgehead atoms. The standard InChI is InChI=1S/C16H25N3OS/c1-16(2,3)15-19-13(9-21-15)8-14(20)18-12-6-10-4-5-11(7-12)17-10/h9-12,17H,4-8H2,1-3H3,(H,18,20). The first-order chi connectivity index (χ1) is 9.90. The summed E-state index contributed by atoms with van der Waals surface area (Å²) in [7, 11) is 0. The summed E-state index contributed by atoms with van der Waals surface area (Å²) in [5.41, 5.74) is 0.965. The van der Waals surface area contributed by atoms with Crippen LogP contribution in [0.5, 0.6) is 0 Å². The second-order valence-corrected chi connectivity index (χ2v) is 8.30. The van der Waals surface area contributed by atoms with Crippen LogP contribution in [0.1, 0.15) is 57.2 Å². The molecule has 4 nitrogen and oxygen atoms in total. The third-order valence-electron chi connectivity index (χ3n) is 4.37. The van der Waals surface area contributed by atoms with Gasteiger partial charge in [0.05, 0.1) is 17.1 Å². The molecule has 0 saturated carbocycles.